The van der Waals surface area contributed by atoms with Crippen LogP contribution in [-0.4, -0.2) is 15.3 Å². The van der Waals surface area contributed by atoms with Crippen molar-refractivity contribution in [1.82, 2.24) is 4.57 Å². The summed E-state index contributed by atoms with van der Waals surface area (Å²) in [5.41, 5.74) is 4.18. The van der Waals surface area contributed by atoms with Crippen LogP contribution >= 0.6 is 0 Å². The van der Waals surface area contributed by atoms with E-state index in [-0.39, 0.29) is 18.0 Å². The lowest BCUT2D eigenvalue weighted by Crippen LogP contribution is -2.19. The van der Waals surface area contributed by atoms with Crippen molar-refractivity contribution >= 4 is 17.1 Å². The molecule has 0 saturated heterocycles. The van der Waals surface area contributed by atoms with Gasteiger partial charge in [0.2, 0.25) is 5.78 Å². The minimum Gasteiger partial charge on any atom is -0.290 e. The standard InChI is InChI=1S/C22H18N3O3/c1-16-8-10-17(11-9-16)20-14-23-12-3-2-7-22(23)24(20)15-21(26)18-5-4-6-19(13-18)25(27)28/h2-14H,15H2,1H3/q+1. The summed E-state index contributed by atoms with van der Waals surface area (Å²) < 4.78 is 3.90. The molecule has 28 heavy (non-hydrogen) atoms. The molecule has 0 aliphatic heterocycles. The smallest absolute Gasteiger partial charge is 0.287 e. The Balaban J connectivity index is 1.78. The summed E-state index contributed by atoms with van der Waals surface area (Å²) in [6, 6.07) is 19.8. The second-order valence-electron chi connectivity index (χ2n) is 6.66. The van der Waals surface area contributed by atoms with Gasteiger partial charge in [-0.1, -0.05) is 48.0 Å². The van der Waals surface area contributed by atoms with Crippen molar-refractivity contribution in [3.63, 3.8) is 0 Å². The Bertz CT molecular complexity index is 1190. The number of non-ortho nitro benzene ring substituents is 1. The Labute approximate surface area is 161 Å². The molecular formula is C22H18N3O3+. The van der Waals surface area contributed by atoms with Gasteiger partial charge in [0, 0.05) is 29.3 Å². The fraction of sp³-hybridized carbons (Fsp3) is 0.0909. The molecule has 4 rings (SSSR count). The third-order valence-electron chi connectivity index (χ3n) is 4.72. The molecule has 0 saturated carbocycles. The number of nitro benzene ring substituents is 1. The van der Waals surface area contributed by atoms with Gasteiger partial charge in [-0.3, -0.25) is 14.9 Å². The Morgan fingerprint density at radius 1 is 1.07 bits per heavy atom. The molecule has 0 aliphatic carbocycles. The average Bonchev–Trinajstić information content (AvgIpc) is 3.07. The number of imidazole rings is 1. The van der Waals surface area contributed by atoms with E-state index in [0.29, 0.717) is 5.56 Å². The second-order valence-corrected chi connectivity index (χ2v) is 6.66. The molecule has 0 bridgehead atoms. The Hall–Kier alpha value is -3.80. The average molecular weight is 372 g/mol. The van der Waals surface area contributed by atoms with Gasteiger partial charge in [0.05, 0.1) is 11.1 Å². The summed E-state index contributed by atoms with van der Waals surface area (Å²) in [4.78, 5) is 23.4. The highest BCUT2D eigenvalue weighted by Crippen LogP contribution is 2.22. The van der Waals surface area contributed by atoms with Crippen LogP contribution in [0.3, 0.4) is 0 Å². The number of carbonyl (C=O) groups is 1. The minimum atomic E-state index is -0.491. The summed E-state index contributed by atoms with van der Waals surface area (Å²) in [7, 11) is 0. The predicted octanol–water partition coefficient (Wildman–Crippen LogP) is 3.99. The molecule has 0 atom stereocenters. The molecule has 138 valence electrons. The molecule has 0 radical (unpaired) electrons. The monoisotopic (exact) mass is 372 g/mol. The maximum absolute atomic E-state index is 12.9. The van der Waals surface area contributed by atoms with Gasteiger partial charge in [-0.25, -0.2) is 8.97 Å². The topological polar surface area (TPSA) is 69.2 Å². The predicted molar refractivity (Wildman–Crippen MR) is 105 cm³/mol. The molecule has 0 aliphatic rings. The van der Waals surface area contributed by atoms with E-state index >= 15 is 0 Å². The number of aryl methyl sites for hydroxylation is 1. The molecule has 4 aromatic rings. The number of rotatable bonds is 5. The van der Waals surface area contributed by atoms with Crippen LogP contribution in [-0.2, 0) is 6.54 Å². The lowest BCUT2D eigenvalue weighted by molar-refractivity contribution is -0.510. The highest BCUT2D eigenvalue weighted by atomic mass is 16.6. The first-order valence-corrected chi connectivity index (χ1v) is 8.87. The number of nitrogens with zero attached hydrogens (tertiary/aromatic N) is 3. The van der Waals surface area contributed by atoms with Crippen LogP contribution in [0, 0.1) is 17.0 Å². The number of hydrogen-bond acceptors (Lipinski definition) is 3. The number of carbonyl (C=O) groups excluding carboxylic acids is 1. The summed E-state index contributed by atoms with van der Waals surface area (Å²) in [6.07, 6.45) is 3.92. The minimum absolute atomic E-state index is 0.0867. The molecule has 0 unspecified atom stereocenters. The summed E-state index contributed by atoms with van der Waals surface area (Å²) in [6.45, 7) is 2.12. The molecule has 6 nitrogen and oxygen atoms in total. The van der Waals surface area contributed by atoms with Crippen LogP contribution < -0.4 is 4.40 Å². The molecule has 2 heterocycles. The van der Waals surface area contributed by atoms with E-state index in [0.717, 1.165) is 22.5 Å². The van der Waals surface area contributed by atoms with Crippen LogP contribution in [0.4, 0.5) is 5.69 Å². The van der Waals surface area contributed by atoms with Crippen molar-refractivity contribution in [3.05, 3.63) is 100 Å². The zero-order valence-electron chi connectivity index (χ0n) is 15.3. The van der Waals surface area contributed by atoms with Crippen LogP contribution in [0.2, 0.25) is 0 Å². The highest BCUT2D eigenvalue weighted by Gasteiger charge is 2.22. The van der Waals surface area contributed by atoms with Crippen molar-refractivity contribution in [3.8, 4) is 11.3 Å². The molecule has 6 heteroatoms. The molecule has 0 spiro atoms. The SMILES string of the molecule is Cc1ccc(-c2c[n+]3ccccc3n2CC(=O)c2cccc([N+](=O)[O-])c2)cc1. The molecule has 2 aromatic heterocycles. The fourth-order valence-electron chi connectivity index (χ4n) is 3.26. The largest absolute Gasteiger partial charge is 0.290 e. The number of benzene rings is 2. The zero-order chi connectivity index (χ0) is 19.7. The number of pyridine rings is 1. The maximum Gasteiger partial charge on any atom is 0.287 e. The number of hydrogen-bond donors (Lipinski definition) is 0. The van der Waals surface area contributed by atoms with Gasteiger partial charge in [-0.05, 0) is 13.0 Å². The van der Waals surface area contributed by atoms with Crippen molar-refractivity contribution in [1.29, 1.82) is 0 Å². The molecule has 0 N–H and O–H groups in total. The van der Waals surface area contributed by atoms with Gasteiger partial charge < -0.3 is 0 Å². The summed E-state index contributed by atoms with van der Waals surface area (Å²) >= 11 is 0. The molecule has 0 amide bonds. The summed E-state index contributed by atoms with van der Waals surface area (Å²) in [5, 5.41) is 11.0. The molecular weight excluding hydrogens is 354 g/mol. The fourth-order valence-corrected chi connectivity index (χ4v) is 3.26. The Morgan fingerprint density at radius 2 is 1.86 bits per heavy atom. The van der Waals surface area contributed by atoms with Gasteiger partial charge in [-0.2, -0.15) is 0 Å². The van der Waals surface area contributed by atoms with E-state index in [1.165, 1.54) is 18.2 Å². The molecule has 0 fully saturated rings. The zero-order valence-corrected chi connectivity index (χ0v) is 15.3. The third-order valence-corrected chi connectivity index (χ3v) is 4.72. The maximum atomic E-state index is 12.9. The molecule has 2 aromatic carbocycles. The van der Waals surface area contributed by atoms with Gasteiger partial charge in [-0.15, -0.1) is 0 Å². The van der Waals surface area contributed by atoms with Gasteiger partial charge in [0.25, 0.3) is 11.3 Å². The third kappa shape index (κ3) is 3.27. The number of ketones is 1. The van der Waals surface area contributed by atoms with E-state index in [1.807, 2.05) is 70.7 Å². The van der Waals surface area contributed by atoms with E-state index < -0.39 is 4.92 Å². The quantitative estimate of drug-likeness (QED) is 0.230. The highest BCUT2D eigenvalue weighted by molar-refractivity contribution is 5.97. The van der Waals surface area contributed by atoms with E-state index in [9.17, 15) is 14.9 Å². The van der Waals surface area contributed by atoms with Gasteiger partial charge in [0.15, 0.2) is 12.2 Å². The Kier molecular flexibility index (Phi) is 4.45. The normalized spacial score (nSPS) is 10.9. The van der Waals surface area contributed by atoms with Gasteiger partial charge in [0.1, 0.15) is 6.20 Å². The van der Waals surface area contributed by atoms with Crippen LogP contribution in [0.5, 0.6) is 0 Å². The first kappa shape index (κ1) is 17.6. The van der Waals surface area contributed by atoms with Crippen LogP contribution in [0.15, 0.2) is 79.1 Å². The number of aromatic nitrogens is 2. The second kappa shape index (κ2) is 7.08. The van der Waals surface area contributed by atoms with E-state index in [2.05, 4.69) is 0 Å². The Morgan fingerprint density at radius 3 is 2.61 bits per heavy atom. The van der Waals surface area contributed by atoms with Crippen molar-refractivity contribution in [2.75, 3.05) is 0 Å². The lowest BCUT2D eigenvalue weighted by atomic mass is 10.1. The number of nitro groups is 1. The van der Waals surface area contributed by atoms with Crippen LogP contribution in [0.25, 0.3) is 16.9 Å². The van der Waals surface area contributed by atoms with Gasteiger partial charge >= 0.3 is 0 Å². The van der Waals surface area contributed by atoms with Crippen molar-refractivity contribution in [2.24, 2.45) is 0 Å². The first-order chi connectivity index (χ1) is 13.5. The number of Topliss-reactive ketones (excluding diaryl/α,β-unsaturated/α-hetero) is 1. The van der Waals surface area contributed by atoms with E-state index in [4.69, 9.17) is 0 Å². The first-order valence-electron chi connectivity index (χ1n) is 8.87. The van der Waals surface area contributed by atoms with Crippen molar-refractivity contribution < 1.29 is 14.1 Å². The van der Waals surface area contributed by atoms with Crippen molar-refractivity contribution in [2.45, 2.75) is 13.5 Å². The number of fused-ring (bicyclic) bond motifs is 1. The van der Waals surface area contributed by atoms with E-state index in [1.54, 1.807) is 6.07 Å². The summed E-state index contributed by atoms with van der Waals surface area (Å²) in [5.74, 6) is -0.181. The lowest BCUT2D eigenvalue weighted by Gasteiger charge is -2.04. The van der Waals surface area contributed by atoms with Crippen LogP contribution in [0.1, 0.15) is 15.9 Å².